The molecule has 0 amide bonds. The van der Waals surface area contributed by atoms with Gasteiger partial charge in [0.1, 0.15) is 0 Å². The normalized spacial score (nSPS) is 10.9. The molecule has 3 aromatic rings. The van der Waals surface area contributed by atoms with Crippen LogP contribution >= 0.6 is 8.19 Å². The van der Waals surface area contributed by atoms with Crippen molar-refractivity contribution in [2.75, 3.05) is 0 Å². The van der Waals surface area contributed by atoms with E-state index in [0.717, 1.165) is 0 Å². The Bertz CT molecular complexity index is 716. The first-order valence-electron chi connectivity index (χ1n) is 6.84. The monoisotopic (exact) mass is 276 g/mol. The molecule has 0 aliphatic carbocycles. The smallest absolute Gasteiger partial charge is 0.0172 e. The van der Waals surface area contributed by atoms with Crippen LogP contribution in [-0.4, -0.2) is 0 Å². The number of hydrogen-bond donors (Lipinski definition) is 0. The first kappa shape index (κ1) is 13.1. The molecule has 0 nitrogen and oxygen atoms in total. The van der Waals surface area contributed by atoms with E-state index < -0.39 is 0 Å². The Morgan fingerprint density at radius 3 is 1.85 bits per heavy atom. The Balaban J connectivity index is 2.29. The molecule has 0 saturated heterocycles. The van der Waals surface area contributed by atoms with Gasteiger partial charge in [-0.05, 0) is 47.5 Å². The molecule has 3 rings (SSSR count). The van der Waals surface area contributed by atoms with Crippen molar-refractivity contribution in [2.45, 2.75) is 13.8 Å². The fourth-order valence-electron chi connectivity index (χ4n) is 2.47. The van der Waals surface area contributed by atoms with Gasteiger partial charge < -0.3 is 0 Å². The predicted octanol–water partition coefficient (Wildman–Crippen LogP) is 6.22. The van der Waals surface area contributed by atoms with Gasteiger partial charge in [-0.3, -0.25) is 0 Å². The van der Waals surface area contributed by atoms with Gasteiger partial charge in [-0.1, -0.05) is 68.9 Å². The second-order valence-corrected chi connectivity index (χ2v) is 5.99. The molecule has 0 atom stereocenters. The molecule has 98 valence electrons. The standard InChI is InChI=1S/C19H17P/c1-14-13-20-19(17-11-7-4-8-12-17)18(15(14)2)16-9-5-3-6-10-16/h3-13H,1-2H3. The summed E-state index contributed by atoms with van der Waals surface area (Å²) in [6, 6.07) is 21.4. The molecule has 1 heterocycles. The Labute approximate surface area is 122 Å². The summed E-state index contributed by atoms with van der Waals surface area (Å²) < 4.78 is 0. The lowest BCUT2D eigenvalue weighted by Crippen LogP contribution is -1.89. The van der Waals surface area contributed by atoms with Crippen LogP contribution in [0.1, 0.15) is 11.1 Å². The first-order chi connectivity index (χ1) is 9.77. The summed E-state index contributed by atoms with van der Waals surface area (Å²) in [4.78, 5) is 0. The van der Waals surface area contributed by atoms with E-state index in [1.54, 1.807) is 0 Å². The van der Waals surface area contributed by atoms with Gasteiger partial charge in [-0.15, -0.1) is 0 Å². The zero-order valence-corrected chi connectivity index (χ0v) is 12.7. The largest absolute Gasteiger partial charge is 0.0669 e. The lowest BCUT2D eigenvalue weighted by molar-refractivity contribution is 1.37. The van der Waals surface area contributed by atoms with Crippen LogP contribution in [-0.2, 0) is 0 Å². The molecular formula is C19H17P. The summed E-state index contributed by atoms with van der Waals surface area (Å²) in [5.41, 5.74) is 6.78. The van der Waals surface area contributed by atoms with Crippen molar-refractivity contribution in [1.82, 2.24) is 0 Å². The summed E-state index contributed by atoms with van der Waals surface area (Å²) in [6.07, 6.45) is 0. The van der Waals surface area contributed by atoms with Crippen molar-refractivity contribution in [3.05, 3.63) is 77.6 Å². The number of hydrogen-bond acceptors (Lipinski definition) is 0. The number of aryl methyl sites for hydroxylation is 1. The van der Waals surface area contributed by atoms with Crippen molar-refractivity contribution in [3.63, 3.8) is 0 Å². The highest BCUT2D eigenvalue weighted by molar-refractivity contribution is 7.33. The van der Waals surface area contributed by atoms with E-state index in [-0.39, 0.29) is 0 Å². The third kappa shape index (κ3) is 2.40. The molecule has 0 saturated carbocycles. The molecule has 1 aromatic heterocycles. The topological polar surface area (TPSA) is 0 Å². The Hall–Kier alpha value is -1.91. The van der Waals surface area contributed by atoms with Crippen LogP contribution in [0.25, 0.3) is 22.0 Å². The molecule has 0 unspecified atom stereocenters. The lowest BCUT2D eigenvalue weighted by Gasteiger charge is -2.15. The Kier molecular flexibility index (Phi) is 3.67. The maximum absolute atomic E-state index is 2.31. The fraction of sp³-hybridized carbons (Fsp3) is 0.105. The zero-order chi connectivity index (χ0) is 13.9. The van der Waals surface area contributed by atoms with Gasteiger partial charge in [0, 0.05) is 5.30 Å². The van der Waals surface area contributed by atoms with Crippen molar-refractivity contribution in [1.29, 1.82) is 0 Å². The highest BCUT2D eigenvalue weighted by atomic mass is 31.0. The molecule has 0 fully saturated rings. The minimum Gasteiger partial charge on any atom is -0.0669 e. The third-order valence-corrected chi connectivity index (χ3v) is 4.96. The molecule has 20 heavy (non-hydrogen) atoms. The van der Waals surface area contributed by atoms with Gasteiger partial charge in [0.05, 0.1) is 0 Å². The van der Waals surface area contributed by atoms with E-state index in [9.17, 15) is 0 Å². The number of benzene rings is 2. The molecule has 2 aromatic carbocycles. The maximum Gasteiger partial charge on any atom is 0.0172 e. The minimum absolute atomic E-state index is 1.28. The van der Waals surface area contributed by atoms with Gasteiger partial charge in [0.2, 0.25) is 0 Å². The van der Waals surface area contributed by atoms with Crippen LogP contribution < -0.4 is 0 Å². The average molecular weight is 276 g/mol. The van der Waals surface area contributed by atoms with E-state index in [1.807, 2.05) is 0 Å². The van der Waals surface area contributed by atoms with Gasteiger partial charge in [-0.25, -0.2) is 0 Å². The first-order valence-corrected chi connectivity index (χ1v) is 7.81. The molecule has 0 radical (unpaired) electrons. The predicted molar refractivity (Wildman–Crippen MR) is 89.3 cm³/mol. The van der Waals surface area contributed by atoms with Crippen molar-refractivity contribution >= 4 is 8.19 Å². The SMILES string of the molecule is Cc1cpc(-c2ccccc2)c(-c2ccccc2)c1C. The zero-order valence-electron chi connectivity index (χ0n) is 11.8. The molecule has 1 heteroatoms. The summed E-state index contributed by atoms with van der Waals surface area (Å²) in [6.45, 7) is 4.43. The number of rotatable bonds is 2. The molecule has 0 spiro atoms. The summed E-state index contributed by atoms with van der Waals surface area (Å²) in [7, 11) is 1.28. The van der Waals surface area contributed by atoms with Crippen LogP contribution in [0.2, 0.25) is 0 Å². The second kappa shape index (κ2) is 5.61. The fourth-order valence-corrected chi connectivity index (χ4v) is 3.71. The van der Waals surface area contributed by atoms with Crippen LogP contribution in [0.3, 0.4) is 0 Å². The van der Waals surface area contributed by atoms with E-state index in [0.29, 0.717) is 0 Å². The molecule has 0 N–H and O–H groups in total. The van der Waals surface area contributed by atoms with E-state index in [1.165, 1.54) is 41.3 Å². The third-order valence-electron chi connectivity index (χ3n) is 3.70. The quantitative estimate of drug-likeness (QED) is 0.521. The van der Waals surface area contributed by atoms with Crippen LogP contribution in [0.5, 0.6) is 0 Å². The van der Waals surface area contributed by atoms with E-state index in [4.69, 9.17) is 0 Å². The Morgan fingerprint density at radius 1 is 0.700 bits per heavy atom. The minimum atomic E-state index is 1.28. The van der Waals surface area contributed by atoms with Gasteiger partial charge in [0.25, 0.3) is 0 Å². The van der Waals surface area contributed by atoms with Gasteiger partial charge in [0.15, 0.2) is 0 Å². The second-order valence-electron chi connectivity index (χ2n) is 5.02. The van der Waals surface area contributed by atoms with Gasteiger partial charge >= 0.3 is 0 Å². The highest BCUT2D eigenvalue weighted by Gasteiger charge is 2.12. The van der Waals surface area contributed by atoms with Crippen LogP contribution in [0, 0.1) is 13.8 Å². The highest BCUT2D eigenvalue weighted by Crippen LogP contribution is 2.41. The summed E-state index contributed by atoms with van der Waals surface area (Å²) >= 11 is 0. The van der Waals surface area contributed by atoms with Crippen molar-refractivity contribution in [2.24, 2.45) is 0 Å². The summed E-state index contributed by atoms with van der Waals surface area (Å²) in [5, 5.41) is 1.40. The average Bonchev–Trinajstić information content (AvgIpc) is 2.51. The molecule has 0 aliphatic rings. The molecule has 0 bridgehead atoms. The van der Waals surface area contributed by atoms with Crippen molar-refractivity contribution < 1.29 is 0 Å². The van der Waals surface area contributed by atoms with Crippen LogP contribution in [0.4, 0.5) is 0 Å². The molecule has 0 aliphatic heterocycles. The molecular weight excluding hydrogens is 259 g/mol. The van der Waals surface area contributed by atoms with Crippen LogP contribution in [0.15, 0.2) is 66.5 Å². The summed E-state index contributed by atoms with van der Waals surface area (Å²) in [5.74, 6) is 2.31. The van der Waals surface area contributed by atoms with Gasteiger partial charge in [-0.2, -0.15) is 0 Å². The van der Waals surface area contributed by atoms with E-state index >= 15 is 0 Å². The Morgan fingerprint density at radius 2 is 1.25 bits per heavy atom. The van der Waals surface area contributed by atoms with Crippen molar-refractivity contribution in [3.8, 4) is 22.0 Å². The van der Waals surface area contributed by atoms with E-state index in [2.05, 4.69) is 80.3 Å². The lowest BCUT2D eigenvalue weighted by atomic mass is 9.96. The maximum atomic E-state index is 2.31.